The van der Waals surface area contributed by atoms with Gasteiger partial charge in [-0.05, 0) is 55.4 Å². The maximum atomic E-state index is 12.6. The lowest BCUT2D eigenvalue weighted by Crippen LogP contribution is -2.20. The van der Waals surface area contributed by atoms with Crippen molar-refractivity contribution in [3.05, 3.63) is 53.6 Å². The van der Waals surface area contributed by atoms with E-state index in [1.807, 2.05) is 55.6 Å². The Morgan fingerprint density at radius 1 is 1.30 bits per heavy atom. The van der Waals surface area contributed by atoms with Gasteiger partial charge in [0.1, 0.15) is 5.75 Å². The van der Waals surface area contributed by atoms with Crippen LogP contribution in [-0.4, -0.2) is 19.2 Å². The molecule has 3 N–H and O–H groups in total. The summed E-state index contributed by atoms with van der Waals surface area (Å²) in [5, 5.41) is 3.02. The van der Waals surface area contributed by atoms with Crippen molar-refractivity contribution in [2.75, 3.05) is 18.2 Å². The van der Waals surface area contributed by atoms with Crippen LogP contribution in [0, 0.1) is 18.8 Å². The predicted molar refractivity (Wildman–Crippen MR) is 110 cm³/mol. The zero-order valence-corrected chi connectivity index (χ0v) is 15.9. The summed E-state index contributed by atoms with van der Waals surface area (Å²) in [5.41, 5.74) is 9.58. The normalized spacial score (nSPS) is 19.3. The van der Waals surface area contributed by atoms with Crippen LogP contribution in [0.1, 0.15) is 30.4 Å². The van der Waals surface area contributed by atoms with Crippen molar-refractivity contribution in [2.45, 2.75) is 32.7 Å². The highest BCUT2D eigenvalue weighted by Crippen LogP contribution is 2.31. The number of carbonyl (C=O) groups excluding carboxylic acids is 1. The van der Waals surface area contributed by atoms with E-state index < -0.39 is 0 Å². The van der Waals surface area contributed by atoms with E-state index in [-0.39, 0.29) is 11.8 Å². The standard InChI is InChI=1S/C22H27N3O2/c1-15-7-10-19(12-21(15)27-2)25-22(26)17-9-8-16(11-17)13-24-14-18-5-3-4-6-20(18)23/h3-7,10,12-13,16-17H,8-9,11,14,23H2,1-2H3,(H,25,26)/t16?,17-/m1/s1. The smallest absolute Gasteiger partial charge is 0.227 e. The molecule has 2 aromatic carbocycles. The number of hydrogen-bond acceptors (Lipinski definition) is 4. The van der Waals surface area contributed by atoms with Crippen molar-refractivity contribution in [2.24, 2.45) is 16.8 Å². The Morgan fingerprint density at radius 3 is 2.89 bits per heavy atom. The molecule has 0 saturated heterocycles. The maximum Gasteiger partial charge on any atom is 0.227 e. The second kappa shape index (κ2) is 8.71. The van der Waals surface area contributed by atoms with Crippen LogP contribution in [0.15, 0.2) is 47.5 Å². The number of nitrogens with zero attached hydrogens (tertiary/aromatic N) is 1. The van der Waals surface area contributed by atoms with Gasteiger partial charge in [0.2, 0.25) is 5.91 Å². The van der Waals surface area contributed by atoms with E-state index in [2.05, 4.69) is 10.3 Å². The average Bonchev–Trinajstić information content (AvgIpc) is 3.14. The number of anilines is 2. The molecular weight excluding hydrogens is 338 g/mol. The first-order valence-electron chi connectivity index (χ1n) is 9.35. The fourth-order valence-electron chi connectivity index (χ4n) is 3.51. The summed E-state index contributed by atoms with van der Waals surface area (Å²) >= 11 is 0. The Balaban J connectivity index is 1.52. The van der Waals surface area contributed by atoms with E-state index in [0.29, 0.717) is 12.5 Å². The number of benzene rings is 2. The third kappa shape index (κ3) is 4.88. The number of hydrogen-bond donors (Lipinski definition) is 2. The molecule has 0 aliphatic heterocycles. The molecule has 0 spiro atoms. The van der Waals surface area contributed by atoms with Gasteiger partial charge in [-0.25, -0.2) is 0 Å². The Hall–Kier alpha value is -2.82. The highest BCUT2D eigenvalue weighted by Gasteiger charge is 2.29. The third-order valence-corrected chi connectivity index (χ3v) is 5.15. The Kier molecular flexibility index (Phi) is 6.12. The topological polar surface area (TPSA) is 76.7 Å². The highest BCUT2D eigenvalue weighted by atomic mass is 16.5. The van der Waals surface area contributed by atoms with Crippen molar-refractivity contribution in [3.8, 4) is 5.75 Å². The molecule has 142 valence electrons. The van der Waals surface area contributed by atoms with Gasteiger partial charge in [-0.1, -0.05) is 24.3 Å². The van der Waals surface area contributed by atoms with Crippen LogP contribution in [0.4, 0.5) is 11.4 Å². The number of nitrogen functional groups attached to an aromatic ring is 1. The number of rotatable bonds is 6. The first kappa shape index (κ1) is 19.0. The molecule has 1 aliphatic rings. The molecule has 1 unspecified atom stereocenters. The van der Waals surface area contributed by atoms with Gasteiger partial charge in [-0.2, -0.15) is 0 Å². The lowest BCUT2D eigenvalue weighted by molar-refractivity contribution is -0.119. The Bertz CT molecular complexity index is 832. The molecule has 1 amide bonds. The number of carbonyl (C=O) groups is 1. The quantitative estimate of drug-likeness (QED) is 0.595. The molecule has 5 nitrogen and oxygen atoms in total. The van der Waals surface area contributed by atoms with Gasteiger partial charge in [-0.3, -0.25) is 9.79 Å². The molecule has 0 aromatic heterocycles. The van der Waals surface area contributed by atoms with Gasteiger partial charge < -0.3 is 15.8 Å². The highest BCUT2D eigenvalue weighted by molar-refractivity contribution is 5.93. The maximum absolute atomic E-state index is 12.6. The van der Waals surface area contributed by atoms with Gasteiger partial charge in [0, 0.05) is 29.6 Å². The fourth-order valence-corrected chi connectivity index (χ4v) is 3.51. The largest absolute Gasteiger partial charge is 0.496 e. The van der Waals surface area contributed by atoms with E-state index in [9.17, 15) is 4.79 Å². The van der Waals surface area contributed by atoms with E-state index >= 15 is 0 Å². The summed E-state index contributed by atoms with van der Waals surface area (Å²) in [4.78, 5) is 17.1. The minimum Gasteiger partial charge on any atom is -0.496 e. The second-order valence-electron chi connectivity index (χ2n) is 7.13. The number of aryl methyl sites for hydroxylation is 1. The van der Waals surface area contributed by atoms with Gasteiger partial charge in [0.15, 0.2) is 0 Å². The molecule has 1 saturated carbocycles. The molecular formula is C22H27N3O2. The van der Waals surface area contributed by atoms with Crippen LogP contribution in [0.2, 0.25) is 0 Å². The number of nitrogens with two attached hydrogens (primary N) is 1. The molecule has 0 bridgehead atoms. The Labute approximate surface area is 160 Å². The van der Waals surface area contributed by atoms with Crippen molar-refractivity contribution >= 4 is 23.5 Å². The number of ether oxygens (including phenoxy) is 1. The zero-order valence-electron chi connectivity index (χ0n) is 15.9. The Morgan fingerprint density at radius 2 is 2.11 bits per heavy atom. The molecule has 2 atom stereocenters. The molecule has 2 aromatic rings. The zero-order chi connectivity index (χ0) is 19.2. The lowest BCUT2D eigenvalue weighted by atomic mass is 10.0. The molecule has 1 aliphatic carbocycles. The van der Waals surface area contributed by atoms with E-state index in [1.54, 1.807) is 7.11 Å². The minimum absolute atomic E-state index is 0.0237. The first-order chi connectivity index (χ1) is 13.1. The van der Waals surface area contributed by atoms with Crippen molar-refractivity contribution in [1.29, 1.82) is 0 Å². The van der Waals surface area contributed by atoms with Crippen molar-refractivity contribution < 1.29 is 9.53 Å². The SMILES string of the molecule is COc1cc(NC(=O)[C@@H]2CCC(C=NCc3ccccc3N)C2)ccc1C. The van der Waals surface area contributed by atoms with Gasteiger partial charge >= 0.3 is 0 Å². The van der Waals surface area contributed by atoms with E-state index in [1.165, 1.54) is 0 Å². The summed E-state index contributed by atoms with van der Waals surface area (Å²) in [5.74, 6) is 1.22. The van der Waals surface area contributed by atoms with Crippen LogP contribution in [-0.2, 0) is 11.3 Å². The predicted octanol–water partition coefficient (Wildman–Crippen LogP) is 4.21. The molecule has 0 heterocycles. The van der Waals surface area contributed by atoms with Crippen LogP contribution in [0.3, 0.4) is 0 Å². The van der Waals surface area contributed by atoms with Gasteiger partial charge in [-0.15, -0.1) is 0 Å². The summed E-state index contributed by atoms with van der Waals surface area (Å²) in [6.07, 6.45) is 4.71. The number of amides is 1. The van der Waals surface area contributed by atoms with Crippen molar-refractivity contribution in [3.63, 3.8) is 0 Å². The minimum atomic E-state index is 0.0237. The number of nitrogens with one attached hydrogen (secondary N) is 1. The van der Waals surface area contributed by atoms with Crippen LogP contribution in [0.25, 0.3) is 0 Å². The molecule has 1 fully saturated rings. The molecule has 3 rings (SSSR count). The van der Waals surface area contributed by atoms with E-state index in [0.717, 1.165) is 47.5 Å². The second-order valence-corrected chi connectivity index (χ2v) is 7.13. The monoisotopic (exact) mass is 365 g/mol. The lowest BCUT2D eigenvalue weighted by Gasteiger charge is -2.12. The van der Waals surface area contributed by atoms with Crippen LogP contribution in [0.5, 0.6) is 5.75 Å². The van der Waals surface area contributed by atoms with Gasteiger partial charge in [0.05, 0.1) is 13.7 Å². The first-order valence-corrected chi connectivity index (χ1v) is 9.35. The molecule has 0 radical (unpaired) electrons. The third-order valence-electron chi connectivity index (χ3n) is 5.15. The van der Waals surface area contributed by atoms with Crippen LogP contribution < -0.4 is 15.8 Å². The summed E-state index contributed by atoms with van der Waals surface area (Å²) in [6.45, 7) is 2.57. The summed E-state index contributed by atoms with van der Waals surface area (Å²) in [6, 6.07) is 13.5. The number of para-hydroxylation sites is 1. The van der Waals surface area contributed by atoms with Gasteiger partial charge in [0.25, 0.3) is 0 Å². The van der Waals surface area contributed by atoms with Crippen LogP contribution >= 0.6 is 0 Å². The molecule has 5 heteroatoms. The number of methoxy groups -OCH3 is 1. The summed E-state index contributed by atoms with van der Waals surface area (Å²) < 4.78 is 5.32. The van der Waals surface area contributed by atoms with Crippen molar-refractivity contribution in [1.82, 2.24) is 0 Å². The average molecular weight is 365 g/mol. The number of aliphatic imine (C=N–C) groups is 1. The summed E-state index contributed by atoms with van der Waals surface area (Å²) in [7, 11) is 1.64. The fraction of sp³-hybridized carbons (Fsp3) is 0.364. The molecule has 27 heavy (non-hydrogen) atoms. The van der Waals surface area contributed by atoms with E-state index in [4.69, 9.17) is 10.5 Å².